The molecule has 18 heavy (non-hydrogen) atoms. The van der Waals surface area contributed by atoms with E-state index >= 15 is 0 Å². The van der Waals surface area contributed by atoms with Crippen molar-refractivity contribution in [1.29, 1.82) is 0 Å². The molecule has 0 aromatic heterocycles. The highest BCUT2D eigenvalue weighted by Gasteiger charge is 2.22. The third kappa shape index (κ3) is 4.00. The minimum Gasteiger partial charge on any atom is -0.491 e. The van der Waals surface area contributed by atoms with Crippen LogP contribution in [-0.4, -0.2) is 23.9 Å². The molecule has 0 radical (unpaired) electrons. The first kappa shape index (κ1) is 15.0. The van der Waals surface area contributed by atoms with Crippen molar-refractivity contribution in [3.05, 3.63) is 29.3 Å². The van der Waals surface area contributed by atoms with Crippen LogP contribution in [0.1, 0.15) is 38.8 Å². The molecule has 1 unspecified atom stereocenters. The lowest BCUT2D eigenvalue weighted by Crippen LogP contribution is -2.46. The van der Waals surface area contributed by atoms with Crippen molar-refractivity contribution in [2.45, 2.75) is 45.6 Å². The molecule has 0 fully saturated rings. The van der Waals surface area contributed by atoms with Crippen LogP contribution >= 0.6 is 0 Å². The fraction of sp³-hybridized carbons (Fsp3) is 0.600. The summed E-state index contributed by atoms with van der Waals surface area (Å²) in [6.07, 6.45) is 0. The van der Waals surface area contributed by atoms with Gasteiger partial charge in [0.1, 0.15) is 12.4 Å². The van der Waals surface area contributed by atoms with Crippen molar-refractivity contribution in [2.24, 2.45) is 5.73 Å². The van der Waals surface area contributed by atoms with E-state index in [1.807, 2.05) is 13.0 Å². The van der Waals surface area contributed by atoms with Crippen molar-refractivity contribution in [2.75, 3.05) is 13.2 Å². The predicted molar refractivity (Wildman–Crippen MR) is 75.1 cm³/mol. The Hall–Kier alpha value is -1.06. The molecule has 0 aliphatic rings. The van der Waals surface area contributed by atoms with Crippen LogP contribution in [0.3, 0.4) is 0 Å². The summed E-state index contributed by atoms with van der Waals surface area (Å²) in [6, 6.07) is 6.20. The number of hydrogen-bond donors (Lipinski definition) is 2. The first-order chi connectivity index (χ1) is 8.15. The molecular formula is C15H25NO2. The average molecular weight is 251 g/mol. The second-order valence-electron chi connectivity index (χ2n) is 6.35. The molecule has 1 aromatic rings. The van der Waals surface area contributed by atoms with Gasteiger partial charge in [-0.3, -0.25) is 0 Å². The second-order valence-corrected chi connectivity index (χ2v) is 6.35. The van der Waals surface area contributed by atoms with Gasteiger partial charge in [-0.1, -0.05) is 32.9 Å². The van der Waals surface area contributed by atoms with Gasteiger partial charge < -0.3 is 15.6 Å². The molecule has 0 aliphatic heterocycles. The first-order valence-electron chi connectivity index (χ1n) is 6.29. The van der Waals surface area contributed by atoms with E-state index in [-0.39, 0.29) is 12.0 Å². The molecule has 3 heteroatoms. The number of rotatable bonds is 4. The van der Waals surface area contributed by atoms with E-state index in [4.69, 9.17) is 15.6 Å². The van der Waals surface area contributed by atoms with Crippen molar-refractivity contribution in [3.63, 3.8) is 0 Å². The molecule has 0 aliphatic carbocycles. The topological polar surface area (TPSA) is 55.5 Å². The van der Waals surface area contributed by atoms with Crippen LogP contribution in [0.15, 0.2) is 18.2 Å². The van der Waals surface area contributed by atoms with Crippen LogP contribution in [-0.2, 0) is 5.41 Å². The van der Waals surface area contributed by atoms with E-state index in [2.05, 4.69) is 32.9 Å². The normalized spacial score (nSPS) is 15.3. The highest BCUT2D eigenvalue weighted by Crippen LogP contribution is 2.32. The number of ether oxygens (including phenoxy) is 1. The van der Waals surface area contributed by atoms with Gasteiger partial charge in [-0.15, -0.1) is 0 Å². The van der Waals surface area contributed by atoms with Crippen LogP contribution in [0.5, 0.6) is 5.75 Å². The van der Waals surface area contributed by atoms with Crippen LogP contribution in [0, 0.1) is 6.92 Å². The Balaban J connectivity index is 2.97. The number of aliphatic hydroxyl groups is 1. The van der Waals surface area contributed by atoms with Gasteiger partial charge in [-0.25, -0.2) is 0 Å². The van der Waals surface area contributed by atoms with Crippen molar-refractivity contribution in [3.8, 4) is 5.75 Å². The molecule has 1 rings (SSSR count). The van der Waals surface area contributed by atoms with E-state index in [1.54, 1.807) is 6.92 Å². The van der Waals surface area contributed by atoms with E-state index in [0.29, 0.717) is 6.61 Å². The van der Waals surface area contributed by atoms with Gasteiger partial charge in [-0.05, 0) is 36.5 Å². The Morgan fingerprint density at radius 2 is 1.83 bits per heavy atom. The molecule has 0 amide bonds. The zero-order chi connectivity index (χ0) is 14.0. The van der Waals surface area contributed by atoms with Gasteiger partial charge in [0.25, 0.3) is 0 Å². The van der Waals surface area contributed by atoms with Gasteiger partial charge in [0.05, 0.1) is 12.1 Å². The predicted octanol–water partition coefficient (Wildman–Crippen LogP) is 2.38. The molecular weight excluding hydrogens is 226 g/mol. The maximum absolute atomic E-state index is 9.15. The Kier molecular flexibility index (Phi) is 4.41. The highest BCUT2D eigenvalue weighted by atomic mass is 16.5. The minimum atomic E-state index is -0.709. The minimum absolute atomic E-state index is 0.0211. The summed E-state index contributed by atoms with van der Waals surface area (Å²) in [6.45, 7) is 10.5. The Morgan fingerprint density at radius 1 is 1.22 bits per heavy atom. The van der Waals surface area contributed by atoms with Gasteiger partial charge in [-0.2, -0.15) is 0 Å². The summed E-state index contributed by atoms with van der Waals surface area (Å²) in [7, 11) is 0. The number of hydrogen-bond acceptors (Lipinski definition) is 3. The largest absolute Gasteiger partial charge is 0.491 e. The molecule has 102 valence electrons. The number of nitrogens with two attached hydrogens (primary N) is 1. The summed E-state index contributed by atoms with van der Waals surface area (Å²) >= 11 is 0. The zero-order valence-corrected chi connectivity index (χ0v) is 12.1. The van der Waals surface area contributed by atoms with Crippen LogP contribution in [0.4, 0.5) is 0 Å². The van der Waals surface area contributed by atoms with Crippen LogP contribution < -0.4 is 10.5 Å². The van der Waals surface area contributed by atoms with Crippen molar-refractivity contribution < 1.29 is 9.84 Å². The lowest BCUT2D eigenvalue weighted by molar-refractivity contribution is 0.144. The number of aryl methyl sites for hydroxylation is 1. The molecule has 3 N–H and O–H groups in total. The molecule has 0 saturated heterocycles. The fourth-order valence-corrected chi connectivity index (χ4v) is 1.66. The SMILES string of the molecule is Cc1ccc(C(C)(C)C)c(OCC(C)(N)CO)c1. The van der Waals surface area contributed by atoms with Gasteiger partial charge in [0.2, 0.25) is 0 Å². The summed E-state index contributed by atoms with van der Waals surface area (Å²) in [4.78, 5) is 0. The Morgan fingerprint density at radius 3 is 2.33 bits per heavy atom. The van der Waals surface area contributed by atoms with Gasteiger partial charge >= 0.3 is 0 Å². The lowest BCUT2D eigenvalue weighted by Gasteiger charge is -2.27. The molecule has 0 saturated carbocycles. The first-order valence-corrected chi connectivity index (χ1v) is 6.29. The van der Waals surface area contributed by atoms with Crippen LogP contribution in [0.25, 0.3) is 0 Å². The summed E-state index contributed by atoms with van der Waals surface area (Å²) < 4.78 is 5.82. The molecule has 3 nitrogen and oxygen atoms in total. The lowest BCUT2D eigenvalue weighted by atomic mass is 9.86. The van der Waals surface area contributed by atoms with Crippen molar-refractivity contribution >= 4 is 0 Å². The quantitative estimate of drug-likeness (QED) is 0.864. The van der Waals surface area contributed by atoms with Crippen LogP contribution in [0.2, 0.25) is 0 Å². The third-order valence-corrected chi connectivity index (χ3v) is 2.86. The number of benzene rings is 1. The second kappa shape index (κ2) is 5.29. The smallest absolute Gasteiger partial charge is 0.123 e. The molecule has 0 bridgehead atoms. The number of aliphatic hydroxyl groups excluding tert-OH is 1. The average Bonchev–Trinajstić information content (AvgIpc) is 2.25. The monoisotopic (exact) mass is 251 g/mol. The molecule has 1 aromatic carbocycles. The Labute approximate surface area is 110 Å². The Bertz CT molecular complexity index is 405. The fourth-order valence-electron chi connectivity index (χ4n) is 1.66. The molecule has 1 atom stereocenters. The van der Waals surface area contributed by atoms with E-state index in [9.17, 15) is 0 Å². The molecule has 0 spiro atoms. The summed E-state index contributed by atoms with van der Waals surface area (Å²) in [5.74, 6) is 0.854. The van der Waals surface area contributed by atoms with Gasteiger partial charge in [0, 0.05) is 0 Å². The third-order valence-electron chi connectivity index (χ3n) is 2.86. The van der Waals surface area contributed by atoms with E-state index < -0.39 is 5.54 Å². The van der Waals surface area contributed by atoms with Gasteiger partial charge in [0.15, 0.2) is 0 Å². The standard InChI is InChI=1S/C15H25NO2/c1-11-6-7-12(14(2,3)4)13(8-11)18-10-15(5,16)9-17/h6-8,17H,9-10,16H2,1-5H3. The molecule has 0 heterocycles. The van der Waals surface area contributed by atoms with Crippen molar-refractivity contribution in [1.82, 2.24) is 0 Å². The summed E-state index contributed by atoms with van der Waals surface area (Å²) in [5.41, 5.74) is 7.51. The maximum Gasteiger partial charge on any atom is 0.123 e. The van der Waals surface area contributed by atoms with E-state index in [0.717, 1.165) is 16.9 Å². The van der Waals surface area contributed by atoms with E-state index in [1.165, 1.54) is 0 Å². The zero-order valence-electron chi connectivity index (χ0n) is 12.1. The highest BCUT2D eigenvalue weighted by molar-refractivity contribution is 5.41. The summed E-state index contributed by atoms with van der Waals surface area (Å²) in [5, 5.41) is 9.15. The maximum atomic E-state index is 9.15.